The van der Waals surface area contributed by atoms with Gasteiger partial charge in [0.1, 0.15) is 6.17 Å². The average molecular weight is 201 g/mol. The minimum Gasteiger partial charge on any atom is -0.297 e. The monoisotopic (exact) mass is 201 g/mol. The van der Waals surface area contributed by atoms with E-state index in [1.165, 1.54) is 0 Å². The minimum atomic E-state index is -0.803. The number of likely N-dealkylation sites (N-methyl/N-ethyl adjacent to an activating group) is 1. The molecule has 0 bridgehead atoms. The van der Waals surface area contributed by atoms with Gasteiger partial charge in [0.2, 0.25) is 0 Å². The summed E-state index contributed by atoms with van der Waals surface area (Å²) in [6, 6.07) is -0.223. The summed E-state index contributed by atoms with van der Waals surface area (Å²) in [5.41, 5.74) is -0.365. The fourth-order valence-corrected chi connectivity index (χ4v) is 1.85. The molecule has 0 aromatic heterocycles. The van der Waals surface area contributed by atoms with Gasteiger partial charge in [0, 0.05) is 18.4 Å². The molecule has 1 rings (SSSR count). The molecule has 14 heavy (non-hydrogen) atoms. The maximum Gasteiger partial charge on any atom is 0.155 e. The summed E-state index contributed by atoms with van der Waals surface area (Å²) >= 11 is 0. The van der Waals surface area contributed by atoms with Gasteiger partial charge in [-0.1, -0.05) is 20.8 Å². The van der Waals surface area contributed by atoms with E-state index in [2.05, 4.69) is 0 Å². The van der Waals surface area contributed by atoms with E-state index in [9.17, 15) is 9.18 Å². The van der Waals surface area contributed by atoms with E-state index in [-0.39, 0.29) is 17.2 Å². The Balaban J connectivity index is 2.70. The molecule has 0 amide bonds. The van der Waals surface area contributed by atoms with Crippen LogP contribution < -0.4 is 0 Å². The van der Waals surface area contributed by atoms with Crippen molar-refractivity contribution in [2.75, 3.05) is 13.6 Å². The maximum absolute atomic E-state index is 13.2. The molecule has 0 N–H and O–H groups in total. The lowest BCUT2D eigenvalue weighted by molar-refractivity contribution is -0.133. The van der Waals surface area contributed by atoms with Crippen LogP contribution in [0.4, 0.5) is 4.39 Å². The van der Waals surface area contributed by atoms with Crippen molar-refractivity contribution in [2.45, 2.75) is 45.8 Å². The van der Waals surface area contributed by atoms with Crippen LogP contribution in [-0.2, 0) is 4.79 Å². The number of ketones is 1. The van der Waals surface area contributed by atoms with Crippen molar-refractivity contribution in [1.82, 2.24) is 4.90 Å². The molecule has 0 aromatic rings. The summed E-state index contributed by atoms with van der Waals surface area (Å²) < 4.78 is 13.2. The molecule has 0 saturated carbocycles. The molecular formula is C11H20FNO. The first-order valence-electron chi connectivity index (χ1n) is 5.21. The van der Waals surface area contributed by atoms with Gasteiger partial charge < -0.3 is 0 Å². The van der Waals surface area contributed by atoms with Crippen molar-refractivity contribution in [1.29, 1.82) is 0 Å². The van der Waals surface area contributed by atoms with Crippen LogP contribution in [0.25, 0.3) is 0 Å². The standard InChI is InChI=1S/C11H20FNO/c1-11(2,3)10(14)9-7-8(12)5-6-13(9)4/h8-9H,5-7H2,1-4H3/t8-,9-/m0/s1. The Bertz CT molecular complexity index is 222. The van der Waals surface area contributed by atoms with E-state index in [1.807, 2.05) is 32.7 Å². The molecule has 2 nitrogen and oxygen atoms in total. The zero-order chi connectivity index (χ0) is 10.9. The molecule has 1 fully saturated rings. The van der Waals surface area contributed by atoms with Crippen LogP contribution in [-0.4, -0.2) is 36.5 Å². The van der Waals surface area contributed by atoms with Gasteiger partial charge in [-0.25, -0.2) is 4.39 Å². The van der Waals surface area contributed by atoms with Gasteiger partial charge in [-0.05, 0) is 13.5 Å². The van der Waals surface area contributed by atoms with Crippen molar-refractivity contribution in [3.8, 4) is 0 Å². The predicted octanol–water partition coefficient (Wildman–Crippen LogP) is 2.03. The van der Waals surface area contributed by atoms with Gasteiger partial charge in [-0.3, -0.25) is 9.69 Å². The number of halogens is 1. The zero-order valence-corrected chi connectivity index (χ0v) is 9.51. The second-order valence-electron chi connectivity index (χ2n) is 5.23. The van der Waals surface area contributed by atoms with Crippen LogP contribution in [0.15, 0.2) is 0 Å². The fourth-order valence-electron chi connectivity index (χ4n) is 1.85. The number of hydrogen-bond donors (Lipinski definition) is 0. The number of carbonyl (C=O) groups is 1. The third-order valence-electron chi connectivity index (χ3n) is 2.85. The molecule has 1 heterocycles. The first kappa shape index (κ1) is 11.6. The SMILES string of the molecule is CN1CC[C@H](F)C[C@H]1C(=O)C(C)(C)C. The highest BCUT2D eigenvalue weighted by atomic mass is 19.1. The summed E-state index contributed by atoms with van der Waals surface area (Å²) in [7, 11) is 1.90. The number of rotatable bonds is 1. The summed E-state index contributed by atoms with van der Waals surface area (Å²) in [6.07, 6.45) is 0.124. The molecule has 82 valence electrons. The van der Waals surface area contributed by atoms with E-state index < -0.39 is 6.17 Å². The lowest BCUT2D eigenvalue weighted by Crippen LogP contribution is -2.49. The van der Waals surface area contributed by atoms with E-state index in [0.717, 1.165) is 0 Å². The highest BCUT2D eigenvalue weighted by Gasteiger charge is 2.36. The quantitative estimate of drug-likeness (QED) is 0.647. The Morgan fingerprint density at radius 2 is 2.00 bits per heavy atom. The fraction of sp³-hybridized carbons (Fsp3) is 0.909. The number of piperidine rings is 1. The van der Waals surface area contributed by atoms with Crippen molar-refractivity contribution in [3.05, 3.63) is 0 Å². The first-order valence-corrected chi connectivity index (χ1v) is 5.21. The number of alkyl halides is 1. The van der Waals surface area contributed by atoms with Gasteiger partial charge in [0.15, 0.2) is 5.78 Å². The van der Waals surface area contributed by atoms with Crippen LogP contribution in [0.5, 0.6) is 0 Å². The molecule has 3 heteroatoms. The van der Waals surface area contributed by atoms with Gasteiger partial charge >= 0.3 is 0 Å². The van der Waals surface area contributed by atoms with E-state index in [0.29, 0.717) is 19.4 Å². The normalized spacial score (nSPS) is 30.4. The molecule has 2 atom stereocenters. The van der Waals surface area contributed by atoms with Crippen LogP contribution in [0.3, 0.4) is 0 Å². The van der Waals surface area contributed by atoms with E-state index in [1.54, 1.807) is 0 Å². The minimum absolute atomic E-state index is 0.155. The number of hydrogen-bond acceptors (Lipinski definition) is 2. The molecule has 1 aliphatic rings. The molecule has 0 spiro atoms. The lowest BCUT2D eigenvalue weighted by Gasteiger charge is -2.36. The van der Waals surface area contributed by atoms with E-state index in [4.69, 9.17) is 0 Å². The number of likely N-dealkylation sites (tertiary alicyclic amines) is 1. The third-order valence-corrected chi connectivity index (χ3v) is 2.85. The van der Waals surface area contributed by atoms with E-state index >= 15 is 0 Å². The van der Waals surface area contributed by atoms with Crippen LogP contribution in [0.1, 0.15) is 33.6 Å². The van der Waals surface area contributed by atoms with Crippen LogP contribution >= 0.6 is 0 Å². The second kappa shape index (κ2) is 3.97. The topological polar surface area (TPSA) is 20.3 Å². The number of Topliss-reactive ketones (excluding diaryl/α,β-unsaturated/α-hetero) is 1. The predicted molar refractivity (Wildman–Crippen MR) is 55.0 cm³/mol. The molecule has 0 radical (unpaired) electrons. The summed E-state index contributed by atoms with van der Waals surface area (Å²) in [6.45, 7) is 6.37. The van der Waals surface area contributed by atoms with Crippen molar-refractivity contribution >= 4 is 5.78 Å². The highest BCUT2D eigenvalue weighted by molar-refractivity contribution is 5.88. The van der Waals surface area contributed by atoms with Crippen molar-refractivity contribution in [3.63, 3.8) is 0 Å². The highest BCUT2D eigenvalue weighted by Crippen LogP contribution is 2.26. The Hall–Kier alpha value is -0.440. The molecule has 0 aliphatic carbocycles. The first-order chi connectivity index (χ1) is 6.32. The largest absolute Gasteiger partial charge is 0.297 e. The molecule has 0 unspecified atom stereocenters. The van der Waals surface area contributed by atoms with Crippen LogP contribution in [0, 0.1) is 5.41 Å². The lowest BCUT2D eigenvalue weighted by atomic mass is 9.82. The Kier molecular flexibility index (Phi) is 3.30. The third kappa shape index (κ3) is 2.53. The molecular weight excluding hydrogens is 181 g/mol. The summed E-state index contributed by atoms with van der Waals surface area (Å²) in [5.74, 6) is 0.155. The molecule has 1 aliphatic heterocycles. The van der Waals surface area contributed by atoms with Crippen molar-refractivity contribution in [2.24, 2.45) is 5.41 Å². The number of nitrogens with zero attached hydrogens (tertiary/aromatic N) is 1. The summed E-state index contributed by atoms with van der Waals surface area (Å²) in [4.78, 5) is 13.9. The Morgan fingerprint density at radius 1 is 1.43 bits per heavy atom. The van der Waals surface area contributed by atoms with Gasteiger partial charge in [0.25, 0.3) is 0 Å². The van der Waals surface area contributed by atoms with Crippen LogP contribution in [0.2, 0.25) is 0 Å². The Labute approximate surface area is 85.5 Å². The van der Waals surface area contributed by atoms with Gasteiger partial charge in [-0.15, -0.1) is 0 Å². The summed E-state index contributed by atoms with van der Waals surface area (Å²) in [5, 5.41) is 0. The smallest absolute Gasteiger partial charge is 0.155 e. The van der Waals surface area contributed by atoms with Gasteiger partial charge in [-0.2, -0.15) is 0 Å². The average Bonchev–Trinajstić information content (AvgIpc) is 2.06. The van der Waals surface area contributed by atoms with Gasteiger partial charge in [0.05, 0.1) is 6.04 Å². The second-order valence-corrected chi connectivity index (χ2v) is 5.23. The zero-order valence-electron chi connectivity index (χ0n) is 9.51. The molecule has 0 aromatic carbocycles. The molecule has 1 saturated heterocycles. The van der Waals surface area contributed by atoms with Crippen molar-refractivity contribution < 1.29 is 9.18 Å². The Morgan fingerprint density at radius 3 is 2.50 bits per heavy atom. The number of carbonyl (C=O) groups excluding carboxylic acids is 1. The maximum atomic E-state index is 13.2.